The average Bonchev–Trinajstić information content (AvgIpc) is 3.52. The van der Waals surface area contributed by atoms with Gasteiger partial charge in [-0.2, -0.15) is 0 Å². The first-order valence-electron chi connectivity index (χ1n) is 19.2. The van der Waals surface area contributed by atoms with E-state index in [1.54, 1.807) is 0 Å². The molecule has 0 amide bonds. The predicted molar refractivity (Wildman–Crippen MR) is 228 cm³/mol. The Labute approximate surface area is 326 Å². The van der Waals surface area contributed by atoms with Gasteiger partial charge in [0, 0.05) is 28.5 Å². The highest BCUT2D eigenvalue weighted by atomic mass is 14.9. The van der Waals surface area contributed by atoms with Crippen LogP contribution in [0.5, 0.6) is 0 Å². The Morgan fingerprint density at radius 2 is 0.786 bits per heavy atom. The maximum atomic E-state index is 5.36. The van der Waals surface area contributed by atoms with Crippen LogP contribution in [0.1, 0.15) is 27.8 Å². The Kier molecular flexibility index (Phi) is 7.30. The number of aryl methyl sites for hydroxylation is 1. The van der Waals surface area contributed by atoms with Crippen LogP contribution in [0, 0.1) is 6.92 Å². The van der Waals surface area contributed by atoms with Gasteiger partial charge in [-0.05, 0) is 86.8 Å². The van der Waals surface area contributed by atoms with Gasteiger partial charge in [0.2, 0.25) is 0 Å². The van der Waals surface area contributed by atoms with Crippen molar-refractivity contribution in [1.29, 1.82) is 0 Å². The van der Waals surface area contributed by atoms with Gasteiger partial charge in [-0.15, -0.1) is 0 Å². The van der Waals surface area contributed by atoms with Crippen LogP contribution in [-0.4, -0.2) is 15.0 Å². The lowest BCUT2D eigenvalue weighted by atomic mass is 9.65. The predicted octanol–water partition coefficient (Wildman–Crippen LogP) is 12.9. The molecule has 0 N–H and O–H groups in total. The lowest BCUT2D eigenvalue weighted by Crippen LogP contribution is -2.29. The largest absolute Gasteiger partial charge is 0.256 e. The topological polar surface area (TPSA) is 38.7 Å². The first kappa shape index (κ1) is 32.2. The molecule has 3 nitrogen and oxygen atoms in total. The van der Waals surface area contributed by atoms with Crippen LogP contribution in [0.15, 0.2) is 194 Å². The molecule has 0 saturated heterocycles. The summed E-state index contributed by atoms with van der Waals surface area (Å²) in [5, 5.41) is 0. The zero-order valence-electron chi connectivity index (χ0n) is 30.8. The van der Waals surface area contributed by atoms with Crippen LogP contribution >= 0.6 is 0 Å². The summed E-state index contributed by atoms with van der Waals surface area (Å²) in [7, 11) is 0. The molecular formula is C53H35N3. The van der Waals surface area contributed by atoms with Gasteiger partial charge in [0.15, 0.2) is 5.82 Å². The van der Waals surface area contributed by atoms with Crippen molar-refractivity contribution in [2.24, 2.45) is 0 Å². The number of benzene rings is 7. The van der Waals surface area contributed by atoms with Crippen LogP contribution in [-0.2, 0) is 5.41 Å². The van der Waals surface area contributed by atoms with Gasteiger partial charge in [0.25, 0.3) is 0 Å². The molecule has 0 fully saturated rings. The molecular weight excluding hydrogens is 679 g/mol. The highest BCUT2D eigenvalue weighted by Gasteiger charge is 2.49. The van der Waals surface area contributed by atoms with Crippen LogP contribution in [0.4, 0.5) is 0 Å². The molecule has 0 radical (unpaired) electrons. The van der Waals surface area contributed by atoms with E-state index in [1.165, 1.54) is 61.2 Å². The molecule has 0 bridgehead atoms. The van der Waals surface area contributed by atoms with Crippen molar-refractivity contribution in [2.75, 3.05) is 0 Å². The maximum Gasteiger partial charge on any atom is 0.160 e. The quantitative estimate of drug-likeness (QED) is 0.182. The number of pyridine rings is 1. The number of rotatable bonds is 4. The second-order valence-electron chi connectivity index (χ2n) is 14.8. The first-order valence-corrected chi connectivity index (χ1v) is 19.2. The number of nitrogens with zero attached hydrogens (tertiary/aromatic N) is 3. The fourth-order valence-corrected chi connectivity index (χ4v) is 9.13. The molecule has 3 heteroatoms. The van der Waals surface area contributed by atoms with Gasteiger partial charge < -0.3 is 0 Å². The summed E-state index contributed by atoms with van der Waals surface area (Å²) in [5.41, 5.74) is 20.1. The molecule has 2 aliphatic rings. The highest BCUT2D eigenvalue weighted by Crippen LogP contribution is 2.61. The fraction of sp³-hybridized carbons (Fsp3) is 0.0377. The van der Waals surface area contributed by atoms with E-state index in [0.29, 0.717) is 5.82 Å². The molecule has 262 valence electrons. The Morgan fingerprint density at radius 1 is 0.339 bits per heavy atom. The first-order chi connectivity index (χ1) is 27.7. The van der Waals surface area contributed by atoms with Crippen LogP contribution in [0.2, 0.25) is 0 Å². The number of fused-ring (bicyclic) bond motifs is 12. The molecule has 2 aromatic heterocycles. The second-order valence-corrected chi connectivity index (χ2v) is 14.8. The zero-order valence-corrected chi connectivity index (χ0v) is 30.8. The van der Waals surface area contributed by atoms with E-state index in [1.807, 2.05) is 24.4 Å². The molecule has 0 aliphatic heterocycles. The van der Waals surface area contributed by atoms with Gasteiger partial charge in [0.1, 0.15) is 0 Å². The molecule has 2 heterocycles. The monoisotopic (exact) mass is 713 g/mol. The van der Waals surface area contributed by atoms with E-state index < -0.39 is 5.41 Å². The Morgan fingerprint density at radius 3 is 1.38 bits per heavy atom. The van der Waals surface area contributed by atoms with Crippen LogP contribution in [0.25, 0.3) is 78.5 Å². The average molecular weight is 714 g/mol. The van der Waals surface area contributed by atoms with Crippen molar-refractivity contribution >= 4 is 0 Å². The van der Waals surface area contributed by atoms with E-state index in [2.05, 4.69) is 182 Å². The van der Waals surface area contributed by atoms with Gasteiger partial charge in [-0.1, -0.05) is 169 Å². The normalized spacial score (nSPS) is 12.9. The summed E-state index contributed by atoms with van der Waals surface area (Å²) in [5.74, 6) is 0.683. The van der Waals surface area contributed by atoms with Gasteiger partial charge in [-0.25, -0.2) is 9.97 Å². The van der Waals surface area contributed by atoms with Gasteiger partial charge in [0.05, 0.1) is 22.5 Å². The third-order valence-electron chi connectivity index (χ3n) is 11.7. The molecule has 1 spiro atoms. The van der Waals surface area contributed by atoms with E-state index in [0.717, 1.165) is 39.3 Å². The van der Waals surface area contributed by atoms with Crippen molar-refractivity contribution in [1.82, 2.24) is 15.0 Å². The standard InChI is InChI=1S/C53H35N3/c1-34-21-23-36(24-22-34)50-33-51(56-52(55-50)37-27-25-35(26-28-37)49-20-10-11-31-54-49)38-29-30-44-40-13-3-2-12-39(40)41-14-4-7-17-45(41)53(48(44)32-38)46-18-8-5-15-42(46)43-16-6-9-19-47(43)53/h2-33H,1H3. The molecule has 2 aliphatic carbocycles. The molecule has 7 aromatic carbocycles. The van der Waals surface area contributed by atoms with E-state index in [9.17, 15) is 0 Å². The Hall–Kier alpha value is -7.23. The molecule has 9 aromatic rings. The van der Waals surface area contributed by atoms with Crippen LogP contribution < -0.4 is 0 Å². The van der Waals surface area contributed by atoms with Crippen molar-refractivity contribution in [3.05, 3.63) is 222 Å². The minimum atomic E-state index is -0.564. The second kappa shape index (κ2) is 12.7. The van der Waals surface area contributed by atoms with Crippen molar-refractivity contribution in [2.45, 2.75) is 12.3 Å². The maximum absolute atomic E-state index is 5.36. The van der Waals surface area contributed by atoms with Gasteiger partial charge in [-0.3, -0.25) is 4.98 Å². The summed E-state index contributed by atoms with van der Waals surface area (Å²) in [4.78, 5) is 15.1. The highest BCUT2D eigenvalue weighted by molar-refractivity contribution is 5.98. The summed E-state index contributed by atoms with van der Waals surface area (Å²) < 4.78 is 0. The van der Waals surface area contributed by atoms with E-state index in [-0.39, 0.29) is 0 Å². The SMILES string of the molecule is Cc1ccc(-c2cc(-c3ccc4c(c3)C3(c5ccccc5-c5ccccc5-4)c4ccccc4-c4ccccc43)nc(-c3ccc(-c4ccccn4)cc3)n2)cc1. The molecule has 0 unspecified atom stereocenters. The lowest BCUT2D eigenvalue weighted by molar-refractivity contribution is 0.775. The van der Waals surface area contributed by atoms with Crippen molar-refractivity contribution in [3.8, 4) is 78.5 Å². The third-order valence-corrected chi connectivity index (χ3v) is 11.7. The minimum Gasteiger partial charge on any atom is -0.256 e. The van der Waals surface area contributed by atoms with E-state index in [4.69, 9.17) is 9.97 Å². The lowest BCUT2D eigenvalue weighted by Gasteiger charge is -2.35. The Balaban J connectivity index is 1.18. The summed E-state index contributed by atoms with van der Waals surface area (Å²) in [6.45, 7) is 2.12. The molecule has 11 rings (SSSR count). The summed E-state index contributed by atoms with van der Waals surface area (Å²) in [6, 6.07) is 68.1. The summed E-state index contributed by atoms with van der Waals surface area (Å²) >= 11 is 0. The molecule has 0 atom stereocenters. The third kappa shape index (κ3) is 4.87. The molecule has 56 heavy (non-hydrogen) atoms. The number of hydrogen-bond donors (Lipinski definition) is 0. The summed E-state index contributed by atoms with van der Waals surface area (Å²) in [6.07, 6.45) is 1.83. The zero-order chi connectivity index (χ0) is 37.2. The minimum absolute atomic E-state index is 0.564. The van der Waals surface area contributed by atoms with Gasteiger partial charge >= 0.3 is 0 Å². The molecule has 0 saturated carbocycles. The van der Waals surface area contributed by atoms with Crippen molar-refractivity contribution < 1.29 is 0 Å². The van der Waals surface area contributed by atoms with Crippen molar-refractivity contribution in [3.63, 3.8) is 0 Å². The van der Waals surface area contributed by atoms with E-state index >= 15 is 0 Å². The number of aromatic nitrogens is 3. The number of hydrogen-bond acceptors (Lipinski definition) is 3. The fourth-order valence-electron chi connectivity index (χ4n) is 9.13. The Bertz CT molecular complexity index is 2920. The van der Waals surface area contributed by atoms with Crippen LogP contribution in [0.3, 0.4) is 0 Å². The smallest absolute Gasteiger partial charge is 0.160 e.